The number of terminal acetylenes is 1. The summed E-state index contributed by atoms with van der Waals surface area (Å²) in [6, 6.07) is 10.7. The van der Waals surface area contributed by atoms with Gasteiger partial charge in [-0.25, -0.2) is 4.98 Å². The van der Waals surface area contributed by atoms with Gasteiger partial charge >= 0.3 is 0 Å². The predicted molar refractivity (Wildman–Crippen MR) is 129 cm³/mol. The van der Waals surface area contributed by atoms with Crippen molar-refractivity contribution in [1.29, 1.82) is 0 Å². The minimum atomic E-state index is -0.560. The fourth-order valence-corrected chi connectivity index (χ4v) is 4.59. The van der Waals surface area contributed by atoms with Crippen LogP contribution in [0.15, 0.2) is 65.1 Å². The minimum Gasteiger partial charge on any atom is -0.493 e. The lowest BCUT2D eigenvalue weighted by Gasteiger charge is -2.36. The molecule has 1 aromatic heterocycles. The van der Waals surface area contributed by atoms with Crippen LogP contribution in [-0.2, 0) is 9.59 Å². The Bertz CT molecular complexity index is 1220. The van der Waals surface area contributed by atoms with Gasteiger partial charge in [0.15, 0.2) is 17.3 Å². The molecule has 34 heavy (non-hydrogen) atoms. The number of hydrogen-bond donors (Lipinski definition) is 2. The van der Waals surface area contributed by atoms with Gasteiger partial charge in [-0.3, -0.25) is 9.59 Å². The number of carbonyl (C=O) groups excluding carboxylic acids is 2. The summed E-state index contributed by atoms with van der Waals surface area (Å²) in [5.74, 6) is 3.23. The number of benzene rings is 1. The summed E-state index contributed by atoms with van der Waals surface area (Å²) < 4.78 is 11.1. The van der Waals surface area contributed by atoms with Crippen LogP contribution in [0.5, 0.6) is 11.5 Å². The van der Waals surface area contributed by atoms with Crippen LogP contribution in [0.4, 0.5) is 5.82 Å². The third-order valence-corrected chi connectivity index (χ3v) is 6.01. The largest absolute Gasteiger partial charge is 0.493 e. The molecule has 0 unspecified atom stereocenters. The number of Topliss-reactive ketones (excluding diaryl/α,β-unsaturated/α-hetero) is 1. The van der Waals surface area contributed by atoms with Crippen molar-refractivity contribution in [2.24, 2.45) is 5.92 Å². The number of aromatic nitrogens is 1. The lowest BCUT2D eigenvalue weighted by atomic mass is 9.73. The summed E-state index contributed by atoms with van der Waals surface area (Å²) in [5, 5.41) is 6.21. The van der Waals surface area contributed by atoms with Crippen molar-refractivity contribution in [2.75, 3.05) is 19.0 Å². The molecule has 0 bridgehead atoms. The molecule has 1 aliphatic heterocycles. The molecule has 2 atom stereocenters. The number of dihydropyridines is 1. The van der Waals surface area contributed by atoms with E-state index in [2.05, 4.69) is 28.5 Å². The van der Waals surface area contributed by atoms with Crippen LogP contribution in [0.1, 0.15) is 38.2 Å². The molecule has 174 valence electrons. The number of carbonyl (C=O) groups is 2. The lowest BCUT2D eigenvalue weighted by molar-refractivity contribution is -0.117. The van der Waals surface area contributed by atoms with E-state index >= 15 is 0 Å². The van der Waals surface area contributed by atoms with Gasteiger partial charge in [-0.1, -0.05) is 25.0 Å². The van der Waals surface area contributed by atoms with Gasteiger partial charge in [-0.2, -0.15) is 0 Å². The number of nitrogens with zero attached hydrogens (tertiary/aromatic N) is 1. The van der Waals surface area contributed by atoms with Crippen LogP contribution >= 0.6 is 0 Å². The topological polar surface area (TPSA) is 89.5 Å². The van der Waals surface area contributed by atoms with Crippen molar-refractivity contribution in [3.63, 3.8) is 0 Å². The molecule has 0 saturated carbocycles. The molecule has 1 amide bonds. The number of anilines is 1. The average Bonchev–Trinajstić information content (AvgIpc) is 2.82. The molecule has 1 aliphatic carbocycles. The highest BCUT2D eigenvalue weighted by Gasteiger charge is 2.40. The van der Waals surface area contributed by atoms with Crippen molar-refractivity contribution >= 4 is 17.5 Å². The highest BCUT2D eigenvalue weighted by Crippen LogP contribution is 2.45. The number of ketones is 1. The molecular formula is C27H27N3O4. The summed E-state index contributed by atoms with van der Waals surface area (Å²) in [6.45, 7) is 4.02. The first-order valence-electron chi connectivity index (χ1n) is 11.1. The quantitative estimate of drug-likeness (QED) is 0.639. The SMILES string of the molecule is C#CCOc1ccc([C@@H]2C(C(=O)Nc3ccccn3)=C(C)NC3=C2C(=O)C[C@@H](C)C3)cc1OC. The second-order valence-corrected chi connectivity index (χ2v) is 8.50. The average molecular weight is 458 g/mol. The number of amides is 1. The molecule has 0 fully saturated rings. The number of pyridine rings is 1. The zero-order valence-electron chi connectivity index (χ0n) is 19.5. The van der Waals surface area contributed by atoms with Crippen molar-refractivity contribution in [1.82, 2.24) is 10.3 Å². The van der Waals surface area contributed by atoms with E-state index in [9.17, 15) is 9.59 Å². The molecular weight excluding hydrogens is 430 g/mol. The van der Waals surface area contributed by atoms with Gasteiger partial charge < -0.3 is 20.1 Å². The lowest BCUT2D eigenvalue weighted by Crippen LogP contribution is -2.37. The van der Waals surface area contributed by atoms with Gasteiger partial charge in [0.2, 0.25) is 0 Å². The van der Waals surface area contributed by atoms with Gasteiger partial charge in [-0.15, -0.1) is 6.42 Å². The molecule has 0 spiro atoms. The maximum Gasteiger partial charge on any atom is 0.255 e. The standard InChI is InChI=1S/C27H27N3O4/c1-5-12-34-21-10-9-18(15-22(21)33-4)25-24(27(32)30-23-8-6-7-11-28-23)17(3)29-19-13-16(2)14-20(31)26(19)25/h1,6-11,15-16,25,29H,12-14H2,2-4H3,(H,28,30,32)/t16-,25+/m0/s1. The summed E-state index contributed by atoms with van der Waals surface area (Å²) in [5.41, 5.74) is 3.41. The van der Waals surface area contributed by atoms with E-state index < -0.39 is 5.92 Å². The molecule has 2 N–H and O–H groups in total. The molecule has 1 aromatic carbocycles. The zero-order valence-corrected chi connectivity index (χ0v) is 19.5. The van der Waals surface area contributed by atoms with E-state index in [0.717, 1.165) is 17.7 Å². The monoisotopic (exact) mass is 457 g/mol. The Morgan fingerprint density at radius 1 is 1.26 bits per heavy atom. The molecule has 2 aliphatic rings. The van der Waals surface area contributed by atoms with Crippen LogP contribution in [0.3, 0.4) is 0 Å². The van der Waals surface area contributed by atoms with Crippen LogP contribution in [0.2, 0.25) is 0 Å². The summed E-state index contributed by atoms with van der Waals surface area (Å²) in [4.78, 5) is 31.0. The Morgan fingerprint density at radius 2 is 2.09 bits per heavy atom. The van der Waals surface area contributed by atoms with Gasteiger partial charge in [0, 0.05) is 41.1 Å². The van der Waals surface area contributed by atoms with Crippen molar-refractivity contribution < 1.29 is 19.1 Å². The number of nitrogens with one attached hydrogen (secondary N) is 2. The molecule has 7 heteroatoms. The van der Waals surface area contributed by atoms with Crippen LogP contribution in [-0.4, -0.2) is 30.4 Å². The summed E-state index contributed by atoms with van der Waals surface area (Å²) >= 11 is 0. The van der Waals surface area contributed by atoms with Gasteiger partial charge in [0.1, 0.15) is 12.4 Å². The van der Waals surface area contributed by atoms with Crippen molar-refractivity contribution in [3.05, 3.63) is 70.7 Å². The number of rotatable bonds is 6. The third-order valence-electron chi connectivity index (χ3n) is 6.01. The van der Waals surface area contributed by atoms with E-state index in [0.29, 0.717) is 40.6 Å². The minimum absolute atomic E-state index is 0.0357. The normalized spacial score (nSPS) is 19.6. The van der Waals surface area contributed by atoms with Gasteiger partial charge in [0.05, 0.1) is 7.11 Å². The molecule has 2 heterocycles. The smallest absolute Gasteiger partial charge is 0.255 e. The van der Waals surface area contributed by atoms with Gasteiger partial charge in [0.25, 0.3) is 5.91 Å². The van der Waals surface area contributed by atoms with Crippen LogP contribution < -0.4 is 20.1 Å². The van der Waals surface area contributed by atoms with E-state index in [1.54, 1.807) is 36.5 Å². The van der Waals surface area contributed by atoms with Crippen LogP contribution in [0.25, 0.3) is 0 Å². The Hall–Kier alpha value is -4.05. The predicted octanol–water partition coefficient (Wildman–Crippen LogP) is 3.95. The Morgan fingerprint density at radius 3 is 2.79 bits per heavy atom. The second-order valence-electron chi connectivity index (χ2n) is 8.50. The molecule has 7 nitrogen and oxygen atoms in total. The number of methoxy groups -OCH3 is 1. The summed E-state index contributed by atoms with van der Waals surface area (Å²) in [7, 11) is 1.54. The maximum absolute atomic E-state index is 13.5. The maximum atomic E-state index is 13.5. The van der Waals surface area contributed by atoms with Crippen molar-refractivity contribution in [3.8, 4) is 23.8 Å². The number of allylic oxidation sites excluding steroid dienone is 3. The Balaban J connectivity index is 1.81. The van der Waals surface area contributed by atoms with E-state index in [4.69, 9.17) is 15.9 Å². The fraction of sp³-hybridized carbons (Fsp3) is 0.296. The zero-order chi connectivity index (χ0) is 24.2. The number of ether oxygens (including phenoxy) is 2. The Kier molecular flexibility index (Phi) is 6.69. The molecule has 4 rings (SSSR count). The molecule has 2 aromatic rings. The first-order valence-corrected chi connectivity index (χ1v) is 11.1. The van der Waals surface area contributed by atoms with Crippen LogP contribution in [0, 0.1) is 18.3 Å². The third kappa shape index (κ3) is 4.53. The van der Waals surface area contributed by atoms with E-state index in [1.165, 1.54) is 7.11 Å². The van der Waals surface area contributed by atoms with Crippen molar-refractivity contribution in [2.45, 2.75) is 32.6 Å². The molecule has 0 radical (unpaired) electrons. The Labute approximate surface area is 199 Å². The second kappa shape index (κ2) is 9.84. The van der Waals surface area contributed by atoms with E-state index in [-0.39, 0.29) is 24.2 Å². The summed E-state index contributed by atoms with van der Waals surface area (Å²) in [6.07, 6.45) is 8.11. The number of hydrogen-bond acceptors (Lipinski definition) is 6. The highest BCUT2D eigenvalue weighted by atomic mass is 16.5. The molecule has 0 saturated heterocycles. The van der Waals surface area contributed by atoms with Gasteiger partial charge in [-0.05, 0) is 49.1 Å². The van der Waals surface area contributed by atoms with E-state index in [1.807, 2.05) is 13.0 Å². The highest BCUT2D eigenvalue weighted by molar-refractivity contribution is 6.09. The first kappa shape index (κ1) is 23.1. The first-order chi connectivity index (χ1) is 16.4. The fourth-order valence-electron chi connectivity index (χ4n) is 4.59.